The molecule has 0 radical (unpaired) electrons. The highest BCUT2D eigenvalue weighted by molar-refractivity contribution is 5.95. The predicted octanol–water partition coefficient (Wildman–Crippen LogP) is 4.85. The second-order valence-electron chi connectivity index (χ2n) is 6.29. The highest BCUT2D eigenvalue weighted by Crippen LogP contribution is 2.25. The number of fused-ring (bicyclic) bond motifs is 1. The van der Waals surface area contributed by atoms with Crippen LogP contribution in [0.4, 0.5) is 5.69 Å². The van der Waals surface area contributed by atoms with Crippen molar-refractivity contribution >= 4 is 22.6 Å². The summed E-state index contributed by atoms with van der Waals surface area (Å²) in [6, 6.07) is 10.2. The number of carbonyl (C=O) groups excluding carboxylic acids is 1. The number of hydrogen-bond donors (Lipinski definition) is 1. The van der Waals surface area contributed by atoms with Gasteiger partial charge in [0.2, 0.25) is 5.91 Å². The zero-order valence-corrected chi connectivity index (χ0v) is 14.0. The topological polar surface area (TPSA) is 42.2 Å². The number of rotatable bonds is 3. The Labute approximate surface area is 136 Å². The monoisotopic (exact) mass is 307 g/mol. The van der Waals surface area contributed by atoms with Crippen LogP contribution in [0.15, 0.2) is 41.0 Å². The average molecular weight is 307 g/mol. The van der Waals surface area contributed by atoms with Gasteiger partial charge in [-0.25, -0.2) is 0 Å². The molecule has 0 unspecified atom stereocenters. The molecule has 3 heteroatoms. The molecular weight excluding hydrogens is 286 g/mol. The normalized spacial score (nSPS) is 11.0. The van der Waals surface area contributed by atoms with E-state index in [2.05, 4.69) is 31.3 Å². The molecule has 0 aliphatic carbocycles. The van der Waals surface area contributed by atoms with Gasteiger partial charge in [-0.2, -0.15) is 0 Å². The molecule has 0 saturated carbocycles. The lowest BCUT2D eigenvalue weighted by Crippen LogP contribution is -2.14. The number of carbonyl (C=O) groups is 1. The maximum atomic E-state index is 12.3. The summed E-state index contributed by atoms with van der Waals surface area (Å²) >= 11 is 0. The van der Waals surface area contributed by atoms with Crippen LogP contribution in [0.3, 0.4) is 0 Å². The Morgan fingerprint density at radius 1 is 0.957 bits per heavy atom. The number of aryl methyl sites for hydroxylation is 4. The minimum atomic E-state index is -0.0315. The number of nitrogens with one attached hydrogen (secondary N) is 1. The zero-order valence-electron chi connectivity index (χ0n) is 14.0. The number of furan rings is 1. The second kappa shape index (κ2) is 5.92. The van der Waals surface area contributed by atoms with Gasteiger partial charge in [0.25, 0.3) is 0 Å². The Morgan fingerprint density at radius 3 is 2.30 bits per heavy atom. The van der Waals surface area contributed by atoms with Crippen LogP contribution < -0.4 is 5.32 Å². The Kier molecular flexibility index (Phi) is 3.95. The van der Waals surface area contributed by atoms with Crippen molar-refractivity contribution in [2.75, 3.05) is 5.32 Å². The van der Waals surface area contributed by atoms with E-state index in [0.29, 0.717) is 6.42 Å². The van der Waals surface area contributed by atoms with Gasteiger partial charge in [0.15, 0.2) is 0 Å². The SMILES string of the molecule is Cc1cc(C)cc(NC(=O)Cc2coc3cc(C)c(C)cc23)c1. The van der Waals surface area contributed by atoms with E-state index in [1.807, 2.05) is 32.0 Å². The average Bonchev–Trinajstić information content (AvgIpc) is 2.80. The van der Waals surface area contributed by atoms with Crippen molar-refractivity contribution < 1.29 is 9.21 Å². The van der Waals surface area contributed by atoms with Crippen LogP contribution in [-0.2, 0) is 11.2 Å². The Balaban J connectivity index is 1.81. The first kappa shape index (κ1) is 15.3. The van der Waals surface area contributed by atoms with Gasteiger partial charge >= 0.3 is 0 Å². The molecule has 1 aromatic heterocycles. The summed E-state index contributed by atoms with van der Waals surface area (Å²) in [6.45, 7) is 8.18. The van der Waals surface area contributed by atoms with Crippen LogP contribution in [-0.4, -0.2) is 5.91 Å². The Hall–Kier alpha value is -2.55. The van der Waals surface area contributed by atoms with E-state index < -0.39 is 0 Å². The summed E-state index contributed by atoms with van der Waals surface area (Å²) < 4.78 is 5.59. The van der Waals surface area contributed by atoms with Crippen molar-refractivity contribution in [3.8, 4) is 0 Å². The fourth-order valence-corrected chi connectivity index (χ4v) is 2.90. The fourth-order valence-electron chi connectivity index (χ4n) is 2.90. The lowest BCUT2D eigenvalue weighted by molar-refractivity contribution is -0.115. The van der Waals surface area contributed by atoms with Crippen molar-refractivity contribution in [2.45, 2.75) is 34.1 Å². The molecule has 2 aromatic carbocycles. The van der Waals surface area contributed by atoms with Gasteiger partial charge in [-0.1, -0.05) is 6.07 Å². The maximum absolute atomic E-state index is 12.3. The smallest absolute Gasteiger partial charge is 0.228 e. The number of anilines is 1. The van der Waals surface area contributed by atoms with Crippen molar-refractivity contribution in [3.05, 3.63) is 64.4 Å². The summed E-state index contributed by atoms with van der Waals surface area (Å²) in [6.07, 6.45) is 1.99. The van der Waals surface area contributed by atoms with Gasteiger partial charge in [0, 0.05) is 16.6 Å². The van der Waals surface area contributed by atoms with Crippen molar-refractivity contribution in [1.82, 2.24) is 0 Å². The van der Waals surface area contributed by atoms with Crippen LogP contribution in [0.2, 0.25) is 0 Å². The standard InChI is InChI=1S/C20H21NO2/c1-12-5-13(2)7-17(6-12)21-20(22)10-16-11-23-19-9-15(4)14(3)8-18(16)19/h5-9,11H,10H2,1-4H3,(H,21,22). The van der Waals surface area contributed by atoms with E-state index >= 15 is 0 Å². The highest BCUT2D eigenvalue weighted by Gasteiger charge is 2.12. The van der Waals surface area contributed by atoms with E-state index in [0.717, 1.165) is 33.3 Å². The molecule has 23 heavy (non-hydrogen) atoms. The lowest BCUT2D eigenvalue weighted by atomic mass is 10.0. The molecule has 0 spiro atoms. The summed E-state index contributed by atoms with van der Waals surface area (Å²) in [5, 5.41) is 3.99. The van der Waals surface area contributed by atoms with E-state index in [9.17, 15) is 4.79 Å². The molecule has 0 fully saturated rings. The molecule has 0 aliphatic rings. The molecule has 0 saturated heterocycles. The summed E-state index contributed by atoms with van der Waals surface area (Å²) in [5.74, 6) is -0.0315. The quantitative estimate of drug-likeness (QED) is 0.751. The first-order chi connectivity index (χ1) is 10.9. The van der Waals surface area contributed by atoms with E-state index in [1.165, 1.54) is 11.1 Å². The largest absolute Gasteiger partial charge is 0.464 e. The molecule has 1 heterocycles. The molecule has 1 N–H and O–H groups in total. The first-order valence-corrected chi connectivity index (χ1v) is 7.78. The summed E-state index contributed by atoms with van der Waals surface area (Å²) in [7, 11) is 0. The predicted molar refractivity (Wildman–Crippen MR) is 93.9 cm³/mol. The van der Waals surface area contributed by atoms with Crippen molar-refractivity contribution in [1.29, 1.82) is 0 Å². The molecule has 3 nitrogen and oxygen atoms in total. The first-order valence-electron chi connectivity index (χ1n) is 7.78. The molecule has 3 rings (SSSR count). The van der Waals surface area contributed by atoms with Crippen LogP contribution >= 0.6 is 0 Å². The summed E-state index contributed by atoms with van der Waals surface area (Å²) in [5.41, 5.74) is 7.27. The van der Waals surface area contributed by atoms with Crippen LogP contribution in [0.25, 0.3) is 11.0 Å². The molecule has 0 bridgehead atoms. The van der Waals surface area contributed by atoms with Crippen molar-refractivity contribution in [3.63, 3.8) is 0 Å². The molecule has 0 atom stereocenters. The van der Waals surface area contributed by atoms with E-state index in [-0.39, 0.29) is 5.91 Å². The van der Waals surface area contributed by atoms with Crippen molar-refractivity contribution in [2.24, 2.45) is 0 Å². The minimum Gasteiger partial charge on any atom is -0.464 e. The van der Waals surface area contributed by atoms with Crippen LogP contribution in [0.5, 0.6) is 0 Å². The third kappa shape index (κ3) is 3.29. The number of amides is 1. The second-order valence-corrected chi connectivity index (χ2v) is 6.29. The summed E-state index contributed by atoms with van der Waals surface area (Å²) in [4.78, 5) is 12.3. The maximum Gasteiger partial charge on any atom is 0.228 e. The molecule has 3 aromatic rings. The van der Waals surface area contributed by atoms with Gasteiger partial charge in [0.1, 0.15) is 5.58 Å². The van der Waals surface area contributed by atoms with Gasteiger partial charge in [-0.05, 0) is 74.2 Å². The minimum absolute atomic E-state index is 0.0315. The van der Waals surface area contributed by atoms with Gasteiger partial charge in [0.05, 0.1) is 12.7 Å². The number of hydrogen-bond acceptors (Lipinski definition) is 2. The highest BCUT2D eigenvalue weighted by atomic mass is 16.3. The zero-order chi connectivity index (χ0) is 16.6. The molecule has 0 aliphatic heterocycles. The lowest BCUT2D eigenvalue weighted by Gasteiger charge is -2.07. The third-order valence-corrected chi connectivity index (χ3v) is 4.13. The van der Waals surface area contributed by atoms with E-state index in [4.69, 9.17) is 4.42 Å². The molecular formula is C20H21NO2. The fraction of sp³-hybridized carbons (Fsp3) is 0.250. The van der Waals surface area contributed by atoms with Gasteiger partial charge in [-0.3, -0.25) is 4.79 Å². The van der Waals surface area contributed by atoms with Crippen LogP contribution in [0.1, 0.15) is 27.8 Å². The van der Waals surface area contributed by atoms with Gasteiger partial charge < -0.3 is 9.73 Å². The molecule has 1 amide bonds. The Bertz CT molecular complexity index is 870. The third-order valence-electron chi connectivity index (χ3n) is 4.13. The van der Waals surface area contributed by atoms with E-state index in [1.54, 1.807) is 6.26 Å². The van der Waals surface area contributed by atoms with Gasteiger partial charge in [-0.15, -0.1) is 0 Å². The van der Waals surface area contributed by atoms with Crippen LogP contribution in [0, 0.1) is 27.7 Å². The Morgan fingerprint density at radius 2 is 1.61 bits per heavy atom. The molecule has 118 valence electrons. The number of benzene rings is 2.